The highest BCUT2D eigenvalue weighted by atomic mass is 32.2. The Morgan fingerprint density at radius 3 is 3.17 bits per heavy atom. The Bertz CT molecular complexity index is 853. The first-order chi connectivity index (χ1) is 11.7. The van der Waals surface area contributed by atoms with Gasteiger partial charge in [0.1, 0.15) is 0 Å². The molecule has 3 aromatic rings. The summed E-state index contributed by atoms with van der Waals surface area (Å²) in [6.07, 6.45) is 3.29. The number of carbonyl (C=O) groups is 1. The van der Waals surface area contributed by atoms with Crippen molar-refractivity contribution < 1.29 is 4.79 Å². The number of thiazole rings is 1. The second-order valence-corrected chi connectivity index (χ2v) is 8.18. The highest BCUT2D eigenvalue weighted by Crippen LogP contribution is 2.32. The van der Waals surface area contributed by atoms with Crippen LogP contribution in [0.25, 0.3) is 11.0 Å². The Hall–Kier alpha value is -1.86. The minimum atomic E-state index is -0.0420. The maximum atomic E-state index is 12.2. The van der Waals surface area contributed by atoms with Crippen LogP contribution in [0.1, 0.15) is 23.9 Å². The number of imidazole rings is 1. The maximum absolute atomic E-state index is 12.2. The van der Waals surface area contributed by atoms with Crippen LogP contribution < -0.4 is 5.32 Å². The fourth-order valence-corrected chi connectivity index (χ4v) is 4.75. The standard InChI is InChI=1S/C17H18N4OS2/c1-10-6-7-13-14(8-10)24-17(20-13)21-15(22)9-23-16-18-11-4-2-3-5-12(11)19-16/h2-5,10H,6-9H2,1H3,(H,18,19)(H,20,21,22)/t10-/m0/s1. The van der Waals surface area contributed by atoms with Gasteiger partial charge >= 0.3 is 0 Å². The number of hydrogen-bond donors (Lipinski definition) is 2. The molecule has 2 N–H and O–H groups in total. The van der Waals surface area contributed by atoms with E-state index in [2.05, 4.69) is 27.2 Å². The van der Waals surface area contributed by atoms with Crippen molar-refractivity contribution in [1.29, 1.82) is 0 Å². The predicted octanol–water partition coefficient (Wildman–Crippen LogP) is 3.88. The summed E-state index contributed by atoms with van der Waals surface area (Å²) in [7, 11) is 0. The van der Waals surface area contributed by atoms with Crippen LogP contribution in [0.2, 0.25) is 0 Å². The molecule has 0 saturated carbocycles. The van der Waals surface area contributed by atoms with Gasteiger partial charge in [0.15, 0.2) is 10.3 Å². The topological polar surface area (TPSA) is 70.7 Å². The van der Waals surface area contributed by atoms with E-state index in [-0.39, 0.29) is 5.91 Å². The number of nitrogens with zero attached hydrogens (tertiary/aromatic N) is 2. The summed E-state index contributed by atoms with van der Waals surface area (Å²) in [5.74, 6) is 0.991. The number of benzene rings is 1. The lowest BCUT2D eigenvalue weighted by Crippen LogP contribution is -2.14. The van der Waals surface area contributed by atoms with Crippen molar-refractivity contribution in [1.82, 2.24) is 15.0 Å². The molecule has 2 aromatic heterocycles. The minimum absolute atomic E-state index is 0.0420. The molecule has 7 heteroatoms. The van der Waals surface area contributed by atoms with E-state index in [0.717, 1.165) is 34.2 Å². The zero-order valence-corrected chi connectivity index (χ0v) is 15.0. The second-order valence-electron chi connectivity index (χ2n) is 6.13. The van der Waals surface area contributed by atoms with Crippen LogP contribution in [0, 0.1) is 5.92 Å². The Kier molecular flexibility index (Phi) is 4.28. The van der Waals surface area contributed by atoms with Gasteiger partial charge < -0.3 is 10.3 Å². The van der Waals surface area contributed by atoms with Crippen molar-refractivity contribution in [3.05, 3.63) is 34.8 Å². The minimum Gasteiger partial charge on any atom is -0.333 e. The molecule has 24 heavy (non-hydrogen) atoms. The van der Waals surface area contributed by atoms with Crippen molar-refractivity contribution in [2.45, 2.75) is 31.3 Å². The molecule has 0 radical (unpaired) electrons. The van der Waals surface area contributed by atoms with Gasteiger partial charge in [0.05, 0.1) is 22.5 Å². The first-order valence-corrected chi connectivity index (χ1v) is 9.83. The largest absolute Gasteiger partial charge is 0.333 e. The number of para-hydroxylation sites is 2. The Morgan fingerprint density at radius 1 is 1.42 bits per heavy atom. The lowest BCUT2D eigenvalue weighted by molar-refractivity contribution is -0.113. The van der Waals surface area contributed by atoms with Crippen molar-refractivity contribution >= 4 is 45.2 Å². The van der Waals surface area contributed by atoms with Crippen molar-refractivity contribution in [3.63, 3.8) is 0 Å². The smallest absolute Gasteiger partial charge is 0.236 e. The van der Waals surface area contributed by atoms with Crippen LogP contribution >= 0.6 is 23.1 Å². The van der Waals surface area contributed by atoms with Gasteiger partial charge in [-0.3, -0.25) is 4.79 Å². The molecule has 0 fully saturated rings. The van der Waals surface area contributed by atoms with Gasteiger partial charge in [-0.25, -0.2) is 9.97 Å². The number of thioether (sulfide) groups is 1. The second kappa shape index (κ2) is 6.57. The number of rotatable bonds is 4. The Labute approximate surface area is 148 Å². The predicted molar refractivity (Wildman–Crippen MR) is 98.8 cm³/mol. The lowest BCUT2D eigenvalue weighted by atomic mass is 9.93. The number of aromatic nitrogens is 3. The molecular formula is C17H18N4OS2. The summed E-state index contributed by atoms with van der Waals surface area (Å²) < 4.78 is 0. The molecule has 5 nitrogen and oxygen atoms in total. The van der Waals surface area contributed by atoms with Crippen LogP contribution in [0.15, 0.2) is 29.4 Å². The number of aromatic amines is 1. The monoisotopic (exact) mass is 358 g/mol. The van der Waals surface area contributed by atoms with Gasteiger partial charge in [-0.15, -0.1) is 11.3 Å². The molecule has 1 amide bonds. The number of fused-ring (bicyclic) bond motifs is 2. The summed E-state index contributed by atoms with van der Waals surface area (Å²) in [5.41, 5.74) is 3.07. The third-order valence-corrected chi connectivity index (χ3v) is 6.05. The highest BCUT2D eigenvalue weighted by molar-refractivity contribution is 7.99. The van der Waals surface area contributed by atoms with Gasteiger partial charge in [0, 0.05) is 4.88 Å². The molecule has 2 heterocycles. The fourth-order valence-electron chi connectivity index (χ4n) is 2.88. The van der Waals surface area contributed by atoms with E-state index < -0.39 is 0 Å². The third kappa shape index (κ3) is 3.32. The Morgan fingerprint density at radius 2 is 2.29 bits per heavy atom. The zero-order chi connectivity index (χ0) is 16.5. The first kappa shape index (κ1) is 15.7. The summed E-state index contributed by atoms with van der Waals surface area (Å²) in [5, 5.41) is 4.41. The molecule has 0 bridgehead atoms. The van der Waals surface area contributed by atoms with E-state index in [1.54, 1.807) is 11.3 Å². The normalized spacial score (nSPS) is 17.0. The molecule has 1 aliphatic carbocycles. The van der Waals surface area contributed by atoms with E-state index in [0.29, 0.717) is 11.7 Å². The van der Waals surface area contributed by atoms with Gasteiger partial charge in [-0.2, -0.15) is 0 Å². The quantitative estimate of drug-likeness (QED) is 0.695. The highest BCUT2D eigenvalue weighted by Gasteiger charge is 2.20. The average molecular weight is 358 g/mol. The van der Waals surface area contributed by atoms with E-state index in [1.807, 2.05) is 24.3 Å². The van der Waals surface area contributed by atoms with Gasteiger partial charge in [-0.05, 0) is 37.3 Å². The van der Waals surface area contributed by atoms with Gasteiger partial charge in [-0.1, -0.05) is 30.8 Å². The third-order valence-electron chi connectivity index (χ3n) is 4.14. The van der Waals surface area contributed by atoms with Crippen LogP contribution in [0.3, 0.4) is 0 Å². The van der Waals surface area contributed by atoms with Gasteiger partial charge in [0.2, 0.25) is 5.91 Å². The molecule has 0 spiro atoms. The molecule has 1 aromatic carbocycles. The Balaban J connectivity index is 1.36. The molecule has 0 saturated heterocycles. The van der Waals surface area contributed by atoms with E-state index in [4.69, 9.17) is 0 Å². The summed E-state index contributed by atoms with van der Waals surface area (Å²) in [6.45, 7) is 2.27. The van der Waals surface area contributed by atoms with Crippen molar-refractivity contribution in [3.8, 4) is 0 Å². The first-order valence-electron chi connectivity index (χ1n) is 8.03. The van der Waals surface area contributed by atoms with Crippen LogP contribution in [0.5, 0.6) is 0 Å². The molecule has 1 aliphatic rings. The fraction of sp³-hybridized carbons (Fsp3) is 0.353. The number of nitrogens with one attached hydrogen (secondary N) is 2. The maximum Gasteiger partial charge on any atom is 0.236 e. The SMILES string of the molecule is C[C@H]1CCc2nc(NC(=O)CSc3nc4ccccc4[nH]3)sc2C1. The average Bonchev–Trinajstić information content (AvgIpc) is 3.15. The molecule has 1 atom stereocenters. The van der Waals surface area contributed by atoms with E-state index in [1.165, 1.54) is 28.8 Å². The summed E-state index contributed by atoms with van der Waals surface area (Å²) in [4.78, 5) is 25.8. The zero-order valence-electron chi connectivity index (χ0n) is 13.3. The number of hydrogen-bond acceptors (Lipinski definition) is 5. The summed E-state index contributed by atoms with van der Waals surface area (Å²) >= 11 is 3.02. The number of amides is 1. The number of carbonyl (C=O) groups excluding carboxylic acids is 1. The van der Waals surface area contributed by atoms with Crippen molar-refractivity contribution in [2.75, 3.05) is 11.1 Å². The van der Waals surface area contributed by atoms with Crippen LogP contribution in [-0.2, 0) is 17.6 Å². The number of anilines is 1. The molecular weight excluding hydrogens is 340 g/mol. The van der Waals surface area contributed by atoms with Crippen LogP contribution in [-0.4, -0.2) is 26.6 Å². The summed E-state index contributed by atoms with van der Waals surface area (Å²) in [6, 6.07) is 7.85. The number of aryl methyl sites for hydroxylation is 1. The van der Waals surface area contributed by atoms with E-state index >= 15 is 0 Å². The molecule has 124 valence electrons. The van der Waals surface area contributed by atoms with Crippen molar-refractivity contribution in [2.24, 2.45) is 5.92 Å². The van der Waals surface area contributed by atoms with Gasteiger partial charge in [0.25, 0.3) is 0 Å². The van der Waals surface area contributed by atoms with E-state index in [9.17, 15) is 4.79 Å². The molecule has 4 rings (SSSR count). The lowest BCUT2D eigenvalue weighted by Gasteiger charge is -2.15. The van der Waals surface area contributed by atoms with Crippen LogP contribution in [0.4, 0.5) is 5.13 Å². The molecule has 0 unspecified atom stereocenters. The number of H-pyrrole nitrogens is 1. The molecule has 0 aliphatic heterocycles.